The summed E-state index contributed by atoms with van der Waals surface area (Å²) in [5.74, 6) is -0.420. The van der Waals surface area contributed by atoms with Crippen LogP contribution in [0.25, 0.3) is 5.95 Å². The average molecular weight is 359 g/mol. The molecule has 1 aromatic carbocycles. The summed E-state index contributed by atoms with van der Waals surface area (Å²) in [6.07, 6.45) is 5.39. The summed E-state index contributed by atoms with van der Waals surface area (Å²) < 4.78 is 24.5. The van der Waals surface area contributed by atoms with Gasteiger partial charge in [-0.05, 0) is 24.3 Å². The molecule has 0 saturated heterocycles. The van der Waals surface area contributed by atoms with Crippen molar-refractivity contribution >= 4 is 21.4 Å². The van der Waals surface area contributed by atoms with Gasteiger partial charge >= 0.3 is 0 Å². The topological polar surface area (TPSA) is 127 Å². The van der Waals surface area contributed by atoms with Gasteiger partial charge in [-0.15, -0.1) is 0 Å². The van der Waals surface area contributed by atoms with E-state index in [2.05, 4.69) is 20.4 Å². The van der Waals surface area contributed by atoms with E-state index < -0.39 is 21.3 Å². The highest BCUT2D eigenvalue weighted by Gasteiger charge is 2.13. The number of nitrogens with one attached hydrogen (secondary N) is 2. The van der Waals surface area contributed by atoms with Crippen molar-refractivity contribution in [3.8, 4) is 5.95 Å². The highest BCUT2D eigenvalue weighted by molar-refractivity contribution is 7.90. The van der Waals surface area contributed by atoms with Gasteiger partial charge < -0.3 is 5.32 Å². The van der Waals surface area contributed by atoms with Gasteiger partial charge in [0.1, 0.15) is 5.69 Å². The molecule has 9 nitrogen and oxygen atoms in total. The van der Waals surface area contributed by atoms with Crippen LogP contribution >= 0.6 is 0 Å². The zero-order chi connectivity index (χ0) is 18.0. The lowest BCUT2D eigenvalue weighted by Gasteiger charge is -2.06. The molecule has 3 aromatic rings. The van der Waals surface area contributed by atoms with Gasteiger partial charge in [0.05, 0.1) is 11.1 Å². The van der Waals surface area contributed by atoms with E-state index in [1.807, 2.05) is 0 Å². The maximum absolute atomic E-state index is 12.3. The van der Waals surface area contributed by atoms with Crippen LogP contribution in [0.2, 0.25) is 0 Å². The molecule has 2 N–H and O–H groups in total. The van der Waals surface area contributed by atoms with Gasteiger partial charge in [-0.2, -0.15) is 5.10 Å². The van der Waals surface area contributed by atoms with Gasteiger partial charge in [-0.25, -0.2) is 18.1 Å². The molecule has 0 aliphatic rings. The van der Waals surface area contributed by atoms with Crippen molar-refractivity contribution in [2.75, 3.05) is 11.6 Å². The molecule has 3 rings (SSSR count). The SMILES string of the molecule is CS(=O)(=O)c1cccc(C(=O)Nc2cnc(-n3cccn3)[nH]c2=O)c1. The second-order valence-electron chi connectivity index (χ2n) is 5.15. The number of H-pyrrole nitrogens is 1. The summed E-state index contributed by atoms with van der Waals surface area (Å²) in [6, 6.07) is 7.20. The molecule has 0 unspecified atom stereocenters. The Balaban J connectivity index is 1.85. The first-order valence-corrected chi connectivity index (χ1v) is 8.94. The summed E-state index contributed by atoms with van der Waals surface area (Å²) in [6.45, 7) is 0. The molecule has 1 amide bonds. The Kier molecular flexibility index (Phi) is 4.19. The third-order valence-corrected chi connectivity index (χ3v) is 4.39. The third-order valence-electron chi connectivity index (χ3n) is 3.28. The highest BCUT2D eigenvalue weighted by atomic mass is 32.2. The molecule has 0 fully saturated rings. The largest absolute Gasteiger partial charge is 0.316 e. The lowest BCUT2D eigenvalue weighted by atomic mass is 10.2. The van der Waals surface area contributed by atoms with Crippen LogP contribution in [-0.2, 0) is 9.84 Å². The molecule has 2 aromatic heterocycles. The van der Waals surface area contributed by atoms with Gasteiger partial charge in [-0.1, -0.05) is 6.07 Å². The molecular formula is C15H13N5O4S. The molecule has 0 spiro atoms. The number of anilines is 1. The van der Waals surface area contributed by atoms with E-state index in [1.54, 1.807) is 12.3 Å². The minimum atomic E-state index is -3.44. The number of amides is 1. The first-order chi connectivity index (χ1) is 11.8. The second kappa shape index (κ2) is 6.32. The maximum atomic E-state index is 12.3. The molecule has 128 valence electrons. The van der Waals surface area contributed by atoms with E-state index in [9.17, 15) is 18.0 Å². The lowest BCUT2D eigenvalue weighted by molar-refractivity contribution is 0.102. The molecule has 2 heterocycles. The Bertz CT molecular complexity index is 1090. The number of aromatic nitrogens is 4. The van der Waals surface area contributed by atoms with Crippen molar-refractivity contribution in [3.63, 3.8) is 0 Å². The minimum absolute atomic E-state index is 0.0150. The molecule has 0 aliphatic heterocycles. The summed E-state index contributed by atoms with van der Waals surface area (Å²) in [4.78, 5) is 30.9. The second-order valence-corrected chi connectivity index (χ2v) is 7.17. The first-order valence-electron chi connectivity index (χ1n) is 7.05. The van der Waals surface area contributed by atoms with E-state index in [1.165, 1.54) is 41.3 Å². The van der Waals surface area contributed by atoms with E-state index >= 15 is 0 Å². The predicted molar refractivity (Wildman–Crippen MR) is 89.5 cm³/mol. The minimum Gasteiger partial charge on any atom is -0.316 e. The molecular weight excluding hydrogens is 346 g/mol. The van der Waals surface area contributed by atoms with Crippen LogP contribution in [0, 0.1) is 0 Å². The quantitative estimate of drug-likeness (QED) is 0.703. The van der Waals surface area contributed by atoms with Crippen molar-refractivity contribution in [1.82, 2.24) is 19.7 Å². The standard InChI is InChI=1S/C15H13N5O4S/c1-25(23,24)11-5-2-4-10(8-11)13(21)18-12-9-16-15(19-14(12)22)20-7-3-6-17-20/h2-9H,1H3,(H,18,21)(H,16,19,22). The van der Waals surface area contributed by atoms with Crippen molar-refractivity contribution in [2.45, 2.75) is 4.90 Å². The first kappa shape index (κ1) is 16.6. The van der Waals surface area contributed by atoms with Crippen LogP contribution in [0.5, 0.6) is 0 Å². The maximum Gasteiger partial charge on any atom is 0.276 e. The number of sulfone groups is 1. The van der Waals surface area contributed by atoms with Gasteiger partial charge in [0.15, 0.2) is 9.84 Å². The van der Waals surface area contributed by atoms with E-state index in [0.717, 1.165) is 6.26 Å². The van der Waals surface area contributed by atoms with Crippen LogP contribution < -0.4 is 10.9 Å². The van der Waals surface area contributed by atoms with Crippen molar-refractivity contribution in [3.05, 3.63) is 64.8 Å². The normalized spacial score (nSPS) is 11.2. The van der Waals surface area contributed by atoms with Crippen LogP contribution in [0.4, 0.5) is 5.69 Å². The van der Waals surface area contributed by atoms with Gasteiger partial charge in [0.25, 0.3) is 11.5 Å². The molecule has 0 bridgehead atoms. The number of rotatable bonds is 4. The Morgan fingerprint density at radius 2 is 2.08 bits per heavy atom. The van der Waals surface area contributed by atoms with Crippen molar-refractivity contribution in [1.29, 1.82) is 0 Å². The zero-order valence-corrected chi connectivity index (χ0v) is 13.8. The van der Waals surface area contributed by atoms with Crippen LogP contribution in [0.1, 0.15) is 10.4 Å². The van der Waals surface area contributed by atoms with E-state index in [4.69, 9.17) is 0 Å². The van der Waals surface area contributed by atoms with Gasteiger partial charge in [0.2, 0.25) is 5.95 Å². The summed E-state index contributed by atoms with van der Waals surface area (Å²) >= 11 is 0. The summed E-state index contributed by atoms with van der Waals surface area (Å²) in [5.41, 5.74) is -0.516. The molecule has 0 atom stereocenters. The zero-order valence-electron chi connectivity index (χ0n) is 13.0. The Hall–Kier alpha value is -3.27. The number of hydrogen-bond acceptors (Lipinski definition) is 6. The van der Waals surface area contributed by atoms with Gasteiger partial charge in [0, 0.05) is 24.2 Å². The molecule has 25 heavy (non-hydrogen) atoms. The number of carbonyl (C=O) groups is 1. The number of hydrogen-bond donors (Lipinski definition) is 2. The molecule has 0 radical (unpaired) electrons. The molecule has 0 saturated carbocycles. The van der Waals surface area contributed by atoms with Crippen molar-refractivity contribution in [2.24, 2.45) is 0 Å². The number of carbonyl (C=O) groups excluding carboxylic acids is 1. The number of nitrogens with zero attached hydrogens (tertiary/aromatic N) is 3. The molecule has 10 heteroatoms. The van der Waals surface area contributed by atoms with Crippen LogP contribution in [0.3, 0.4) is 0 Å². The monoisotopic (exact) mass is 359 g/mol. The van der Waals surface area contributed by atoms with E-state index in [0.29, 0.717) is 0 Å². The Morgan fingerprint density at radius 3 is 2.72 bits per heavy atom. The Morgan fingerprint density at radius 1 is 1.28 bits per heavy atom. The van der Waals surface area contributed by atoms with Crippen LogP contribution in [-0.4, -0.2) is 40.3 Å². The van der Waals surface area contributed by atoms with E-state index in [-0.39, 0.29) is 22.1 Å². The predicted octanol–water partition coefficient (Wildman–Crippen LogP) is 0.611. The lowest BCUT2D eigenvalue weighted by Crippen LogP contribution is -2.22. The number of aromatic amines is 1. The van der Waals surface area contributed by atoms with Crippen LogP contribution in [0.15, 0.2) is 58.6 Å². The summed E-state index contributed by atoms with van der Waals surface area (Å²) in [7, 11) is -3.44. The smallest absolute Gasteiger partial charge is 0.276 e. The Labute approximate surface area is 142 Å². The molecule has 0 aliphatic carbocycles. The fourth-order valence-electron chi connectivity index (χ4n) is 2.05. The third kappa shape index (κ3) is 3.63. The average Bonchev–Trinajstić information content (AvgIpc) is 3.10. The van der Waals surface area contributed by atoms with Crippen molar-refractivity contribution < 1.29 is 13.2 Å². The summed E-state index contributed by atoms with van der Waals surface area (Å²) in [5, 5.41) is 6.35. The fourth-order valence-corrected chi connectivity index (χ4v) is 2.71. The number of benzene rings is 1. The van der Waals surface area contributed by atoms with Gasteiger partial charge in [-0.3, -0.25) is 14.6 Å². The highest BCUT2D eigenvalue weighted by Crippen LogP contribution is 2.12. The fraction of sp³-hybridized carbons (Fsp3) is 0.0667.